The zero-order valence-electron chi connectivity index (χ0n) is 14.7. The minimum absolute atomic E-state index is 0.0224. The van der Waals surface area contributed by atoms with Crippen molar-refractivity contribution in [1.29, 1.82) is 0 Å². The quantitative estimate of drug-likeness (QED) is 0.865. The number of carbonyl (C=O) groups is 2. The van der Waals surface area contributed by atoms with E-state index in [-0.39, 0.29) is 23.8 Å². The summed E-state index contributed by atoms with van der Waals surface area (Å²) >= 11 is 0. The molecule has 4 rings (SSSR count). The van der Waals surface area contributed by atoms with Crippen LogP contribution in [-0.4, -0.2) is 34.8 Å². The maximum absolute atomic E-state index is 12.9. The maximum Gasteiger partial charge on any atom is 0.225 e. The number of hydrogen-bond acceptors (Lipinski definition) is 3. The monoisotopic (exact) mass is 341 g/mol. The molecule has 2 saturated carbocycles. The lowest BCUT2D eigenvalue weighted by Crippen LogP contribution is -2.38. The van der Waals surface area contributed by atoms with Crippen LogP contribution in [0.1, 0.15) is 56.7 Å². The van der Waals surface area contributed by atoms with Crippen LogP contribution in [0.25, 0.3) is 0 Å². The van der Waals surface area contributed by atoms with E-state index in [1.54, 1.807) is 6.20 Å². The Labute approximate surface area is 149 Å². The molecule has 3 aliphatic rings. The van der Waals surface area contributed by atoms with Gasteiger partial charge in [-0.25, -0.2) is 0 Å². The number of amides is 2. The fourth-order valence-corrected chi connectivity index (χ4v) is 4.29. The van der Waals surface area contributed by atoms with Crippen LogP contribution in [0.2, 0.25) is 0 Å². The number of hydrogen-bond donors (Lipinski definition) is 1. The molecule has 0 bridgehead atoms. The third-order valence-corrected chi connectivity index (χ3v) is 5.94. The Bertz CT molecular complexity index is 623. The molecule has 1 aromatic rings. The summed E-state index contributed by atoms with van der Waals surface area (Å²) in [5.41, 5.74) is 0.946. The van der Waals surface area contributed by atoms with Gasteiger partial charge >= 0.3 is 0 Å². The summed E-state index contributed by atoms with van der Waals surface area (Å²) in [6.45, 7) is 1.43. The SMILES string of the molecule is O=C(N[C@H](c1ccccn1)C1CCCC1)[C@@H]1CC(=O)N(CC2CC2)C1. The number of aromatic nitrogens is 1. The van der Waals surface area contributed by atoms with Gasteiger partial charge in [0.15, 0.2) is 0 Å². The average molecular weight is 341 g/mol. The molecule has 1 saturated heterocycles. The predicted octanol–water partition coefficient (Wildman–Crippen LogP) is 2.69. The fourth-order valence-electron chi connectivity index (χ4n) is 4.29. The third kappa shape index (κ3) is 3.86. The highest BCUT2D eigenvalue weighted by Crippen LogP contribution is 2.36. The highest BCUT2D eigenvalue weighted by atomic mass is 16.2. The molecule has 1 aromatic heterocycles. The van der Waals surface area contributed by atoms with E-state index >= 15 is 0 Å². The number of pyridine rings is 1. The van der Waals surface area contributed by atoms with Crippen LogP contribution < -0.4 is 5.32 Å². The van der Waals surface area contributed by atoms with Gasteiger partial charge in [0.1, 0.15) is 0 Å². The van der Waals surface area contributed by atoms with E-state index < -0.39 is 0 Å². The van der Waals surface area contributed by atoms with Gasteiger partial charge in [-0.1, -0.05) is 18.9 Å². The second-order valence-corrected chi connectivity index (χ2v) is 7.93. The lowest BCUT2D eigenvalue weighted by molar-refractivity contribution is -0.129. The number of likely N-dealkylation sites (tertiary alicyclic amines) is 1. The van der Waals surface area contributed by atoms with E-state index in [0.717, 1.165) is 25.1 Å². The topological polar surface area (TPSA) is 62.3 Å². The number of carbonyl (C=O) groups excluding carboxylic acids is 2. The predicted molar refractivity (Wildman–Crippen MR) is 94.5 cm³/mol. The van der Waals surface area contributed by atoms with Crippen LogP contribution in [-0.2, 0) is 9.59 Å². The summed E-state index contributed by atoms with van der Waals surface area (Å²) in [6.07, 6.45) is 9.33. The molecule has 3 fully saturated rings. The van der Waals surface area contributed by atoms with Crippen LogP contribution in [0.3, 0.4) is 0 Å². The van der Waals surface area contributed by atoms with Crippen LogP contribution in [0.4, 0.5) is 0 Å². The normalized spacial score (nSPS) is 25.4. The molecule has 0 radical (unpaired) electrons. The highest BCUT2D eigenvalue weighted by molar-refractivity contribution is 5.89. The maximum atomic E-state index is 12.9. The zero-order chi connectivity index (χ0) is 17.2. The molecule has 5 nitrogen and oxygen atoms in total. The van der Waals surface area contributed by atoms with Gasteiger partial charge in [-0.3, -0.25) is 14.6 Å². The number of nitrogens with zero attached hydrogens (tertiary/aromatic N) is 2. The first-order valence-electron chi connectivity index (χ1n) is 9.70. The Kier molecular flexibility index (Phi) is 4.73. The Balaban J connectivity index is 1.42. The van der Waals surface area contributed by atoms with Crippen LogP contribution in [0, 0.1) is 17.8 Å². The van der Waals surface area contributed by atoms with E-state index in [0.29, 0.717) is 24.8 Å². The van der Waals surface area contributed by atoms with Crippen LogP contribution >= 0.6 is 0 Å². The summed E-state index contributed by atoms with van der Waals surface area (Å²) in [7, 11) is 0. The molecular weight excluding hydrogens is 314 g/mol. The number of nitrogens with one attached hydrogen (secondary N) is 1. The minimum Gasteiger partial charge on any atom is -0.347 e. The first kappa shape index (κ1) is 16.6. The second-order valence-electron chi connectivity index (χ2n) is 7.93. The summed E-state index contributed by atoms with van der Waals surface area (Å²) in [4.78, 5) is 31.4. The lowest BCUT2D eigenvalue weighted by atomic mass is 9.94. The molecule has 2 atom stereocenters. The largest absolute Gasteiger partial charge is 0.347 e. The smallest absolute Gasteiger partial charge is 0.225 e. The van der Waals surface area contributed by atoms with Gasteiger partial charge in [0.05, 0.1) is 17.7 Å². The fraction of sp³-hybridized carbons (Fsp3) is 0.650. The minimum atomic E-state index is -0.209. The molecule has 2 heterocycles. The van der Waals surface area contributed by atoms with Crippen LogP contribution in [0.5, 0.6) is 0 Å². The zero-order valence-corrected chi connectivity index (χ0v) is 14.7. The van der Waals surface area contributed by atoms with E-state index in [4.69, 9.17) is 0 Å². The van der Waals surface area contributed by atoms with E-state index in [9.17, 15) is 9.59 Å². The van der Waals surface area contributed by atoms with Crippen molar-refractivity contribution in [3.8, 4) is 0 Å². The summed E-state index contributed by atoms with van der Waals surface area (Å²) < 4.78 is 0. The molecule has 0 aromatic carbocycles. The summed E-state index contributed by atoms with van der Waals surface area (Å²) in [5.74, 6) is 1.08. The van der Waals surface area contributed by atoms with Crippen molar-refractivity contribution < 1.29 is 9.59 Å². The van der Waals surface area contributed by atoms with Gasteiger partial charge in [0.25, 0.3) is 0 Å². The Hall–Kier alpha value is -1.91. The molecule has 1 N–H and O–H groups in total. The van der Waals surface area contributed by atoms with E-state index in [1.165, 1.54) is 25.7 Å². The molecule has 1 aliphatic heterocycles. The van der Waals surface area contributed by atoms with Gasteiger partial charge in [-0.2, -0.15) is 0 Å². The molecule has 25 heavy (non-hydrogen) atoms. The van der Waals surface area contributed by atoms with Gasteiger partial charge in [0, 0.05) is 25.7 Å². The first-order valence-corrected chi connectivity index (χ1v) is 9.70. The van der Waals surface area contributed by atoms with Crippen molar-refractivity contribution in [2.24, 2.45) is 17.8 Å². The van der Waals surface area contributed by atoms with Crippen molar-refractivity contribution in [1.82, 2.24) is 15.2 Å². The van der Waals surface area contributed by atoms with Crippen molar-refractivity contribution >= 4 is 11.8 Å². The van der Waals surface area contributed by atoms with Crippen molar-refractivity contribution in [2.45, 2.75) is 51.0 Å². The van der Waals surface area contributed by atoms with Crippen molar-refractivity contribution in [3.63, 3.8) is 0 Å². The average Bonchev–Trinajstić information content (AvgIpc) is 3.13. The molecule has 134 valence electrons. The standard InChI is InChI=1S/C20H27N3O2/c24-18-11-16(13-23(18)12-14-8-9-14)20(25)22-19(15-5-1-2-6-15)17-7-3-4-10-21-17/h3-4,7,10,14-16,19H,1-2,5-6,8-9,11-13H2,(H,22,25)/t16-,19+/m1/s1. The molecule has 2 amide bonds. The molecular formula is C20H27N3O2. The summed E-state index contributed by atoms with van der Waals surface area (Å²) in [6, 6.07) is 5.86. The molecule has 5 heteroatoms. The lowest BCUT2D eigenvalue weighted by Gasteiger charge is -2.25. The molecule has 0 unspecified atom stereocenters. The van der Waals surface area contributed by atoms with Gasteiger partial charge in [0.2, 0.25) is 11.8 Å². The first-order chi connectivity index (χ1) is 12.2. The van der Waals surface area contributed by atoms with Gasteiger partial charge in [-0.15, -0.1) is 0 Å². The van der Waals surface area contributed by atoms with Crippen LogP contribution in [0.15, 0.2) is 24.4 Å². The highest BCUT2D eigenvalue weighted by Gasteiger charge is 2.38. The Morgan fingerprint density at radius 3 is 2.72 bits per heavy atom. The van der Waals surface area contributed by atoms with Gasteiger partial charge in [-0.05, 0) is 49.7 Å². The second kappa shape index (κ2) is 7.14. The Morgan fingerprint density at radius 2 is 2.04 bits per heavy atom. The van der Waals surface area contributed by atoms with E-state index in [1.807, 2.05) is 23.1 Å². The molecule has 0 spiro atoms. The van der Waals surface area contributed by atoms with Crippen molar-refractivity contribution in [3.05, 3.63) is 30.1 Å². The van der Waals surface area contributed by atoms with Crippen molar-refractivity contribution in [2.75, 3.05) is 13.1 Å². The number of rotatable bonds is 6. The summed E-state index contributed by atoms with van der Waals surface area (Å²) in [5, 5.41) is 3.25. The molecule has 2 aliphatic carbocycles. The van der Waals surface area contributed by atoms with E-state index in [2.05, 4.69) is 10.3 Å². The third-order valence-electron chi connectivity index (χ3n) is 5.94. The van der Waals surface area contributed by atoms with Gasteiger partial charge < -0.3 is 10.2 Å². The Morgan fingerprint density at radius 1 is 1.24 bits per heavy atom.